The van der Waals surface area contributed by atoms with Crippen LogP contribution in [0.3, 0.4) is 0 Å². The lowest BCUT2D eigenvalue weighted by atomic mass is 9.93. The standard InChI is InChI=1S/C13H16N2O2/c1-13(2,15-12(16)17-3)11-6-4-10(5-7-11)8-9-14/h4-7H,8H2,1-3H3,(H,15,16). The molecule has 0 aliphatic carbocycles. The van der Waals surface area contributed by atoms with Gasteiger partial charge in [-0.2, -0.15) is 5.26 Å². The van der Waals surface area contributed by atoms with Gasteiger partial charge >= 0.3 is 6.09 Å². The molecule has 0 radical (unpaired) electrons. The molecular formula is C13H16N2O2. The number of nitrogens with zero attached hydrogens (tertiary/aromatic N) is 1. The number of nitriles is 1. The number of benzene rings is 1. The first-order chi connectivity index (χ1) is 7.99. The second-order valence-corrected chi connectivity index (χ2v) is 4.27. The monoisotopic (exact) mass is 232 g/mol. The van der Waals surface area contributed by atoms with Gasteiger partial charge in [0.2, 0.25) is 0 Å². The van der Waals surface area contributed by atoms with E-state index in [9.17, 15) is 4.79 Å². The molecule has 1 rings (SSSR count). The summed E-state index contributed by atoms with van der Waals surface area (Å²) in [7, 11) is 1.33. The van der Waals surface area contributed by atoms with Crippen LogP contribution < -0.4 is 5.32 Å². The Bertz CT molecular complexity index is 430. The SMILES string of the molecule is COC(=O)NC(C)(C)c1ccc(CC#N)cc1. The Labute approximate surface area is 101 Å². The van der Waals surface area contributed by atoms with Gasteiger partial charge < -0.3 is 10.1 Å². The van der Waals surface area contributed by atoms with E-state index in [2.05, 4.69) is 16.1 Å². The van der Waals surface area contributed by atoms with Crippen LogP contribution in [-0.4, -0.2) is 13.2 Å². The number of amides is 1. The number of rotatable bonds is 3. The lowest BCUT2D eigenvalue weighted by Crippen LogP contribution is -2.40. The summed E-state index contributed by atoms with van der Waals surface area (Å²) in [4.78, 5) is 11.2. The number of methoxy groups -OCH3 is 1. The molecule has 1 amide bonds. The largest absolute Gasteiger partial charge is 0.453 e. The number of hydrogen-bond donors (Lipinski definition) is 1. The lowest BCUT2D eigenvalue weighted by Gasteiger charge is -2.26. The molecule has 0 heterocycles. The molecule has 1 aromatic rings. The summed E-state index contributed by atoms with van der Waals surface area (Å²) in [6.07, 6.45) is -0.0680. The summed E-state index contributed by atoms with van der Waals surface area (Å²) in [5, 5.41) is 11.3. The van der Waals surface area contributed by atoms with Crippen molar-refractivity contribution < 1.29 is 9.53 Å². The number of carbonyl (C=O) groups excluding carboxylic acids is 1. The fourth-order valence-corrected chi connectivity index (χ4v) is 1.51. The third kappa shape index (κ3) is 3.49. The van der Waals surface area contributed by atoms with Crippen molar-refractivity contribution in [3.8, 4) is 6.07 Å². The molecule has 0 unspecified atom stereocenters. The molecule has 0 atom stereocenters. The first kappa shape index (κ1) is 13.0. The first-order valence-electron chi connectivity index (χ1n) is 5.32. The molecular weight excluding hydrogens is 216 g/mol. The minimum Gasteiger partial charge on any atom is -0.453 e. The molecule has 0 saturated heterocycles. The fraction of sp³-hybridized carbons (Fsp3) is 0.385. The van der Waals surface area contributed by atoms with E-state index in [0.717, 1.165) is 11.1 Å². The van der Waals surface area contributed by atoms with Gasteiger partial charge in [-0.15, -0.1) is 0 Å². The highest BCUT2D eigenvalue weighted by Gasteiger charge is 2.22. The summed E-state index contributed by atoms with van der Waals surface area (Å²) in [6, 6.07) is 9.68. The van der Waals surface area contributed by atoms with E-state index >= 15 is 0 Å². The maximum absolute atomic E-state index is 11.2. The number of alkyl carbamates (subject to hydrolysis) is 1. The Morgan fingerprint density at radius 1 is 1.41 bits per heavy atom. The van der Waals surface area contributed by atoms with Crippen molar-refractivity contribution >= 4 is 6.09 Å². The fourth-order valence-electron chi connectivity index (χ4n) is 1.51. The van der Waals surface area contributed by atoms with Gasteiger partial charge in [-0.3, -0.25) is 0 Å². The maximum atomic E-state index is 11.2. The molecule has 0 saturated carbocycles. The van der Waals surface area contributed by atoms with Crippen molar-refractivity contribution in [3.63, 3.8) is 0 Å². The summed E-state index contributed by atoms with van der Waals surface area (Å²) in [5.41, 5.74) is 1.42. The minimum atomic E-state index is -0.502. The van der Waals surface area contributed by atoms with Crippen LogP contribution in [0.1, 0.15) is 25.0 Å². The Hall–Kier alpha value is -2.02. The van der Waals surface area contributed by atoms with Crippen LogP contribution in [0.4, 0.5) is 4.79 Å². The normalized spacial score (nSPS) is 10.5. The van der Waals surface area contributed by atoms with Gasteiger partial charge in [-0.1, -0.05) is 24.3 Å². The molecule has 1 N–H and O–H groups in total. The van der Waals surface area contributed by atoms with E-state index < -0.39 is 11.6 Å². The van der Waals surface area contributed by atoms with Gasteiger partial charge in [0.15, 0.2) is 0 Å². The van der Waals surface area contributed by atoms with E-state index in [0.29, 0.717) is 6.42 Å². The van der Waals surface area contributed by atoms with Crippen LogP contribution in [0.15, 0.2) is 24.3 Å². The van der Waals surface area contributed by atoms with Crippen LogP contribution in [0, 0.1) is 11.3 Å². The molecule has 0 fully saturated rings. The van der Waals surface area contributed by atoms with E-state index in [1.807, 2.05) is 38.1 Å². The average Bonchev–Trinajstić information content (AvgIpc) is 2.29. The van der Waals surface area contributed by atoms with Crippen LogP contribution in [0.25, 0.3) is 0 Å². The highest BCUT2D eigenvalue weighted by atomic mass is 16.5. The molecule has 4 heteroatoms. The van der Waals surface area contributed by atoms with E-state index in [-0.39, 0.29) is 0 Å². The smallest absolute Gasteiger partial charge is 0.407 e. The van der Waals surface area contributed by atoms with Gasteiger partial charge in [0.05, 0.1) is 25.1 Å². The third-order valence-electron chi connectivity index (χ3n) is 2.56. The Balaban J connectivity index is 2.84. The molecule has 90 valence electrons. The molecule has 0 aliphatic heterocycles. The summed E-state index contributed by atoms with van der Waals surface area (Å²) in [6.45, 7) is 3.78. The van der Waals surface area contributed by atoms with Crippen molar-refractivity contribution in [2.24, 2.45) is 0 Å². The van der Waals surface area contributed by atoms with Crippen LogP contribution in [0.5, 0.6) is 0 Å². The van der Waals surface area contributed by atoms with Gasteiger partial charge in [0.25, 0.3) is 0 Å². The first-order valence-corrected chi connectivity index (χ1v) is 5.32. The Kier molecular flexibility index (Phi) is 4.11. The second kappa shape index (κ2) is 5.35. The zero-order valence-electron chi connectivity index (χ0n) is 10.3. The predicted octanol–water partition coefficient (Wildman–Crippen LogP) is 2.34. The zero-order valence-corrected chi connectivity index (χ0v) is 10.3. The van der Waals surface area contributed by atoms with Gasteiger partial charge in [-0.05, 0) is 25.0 Å². The lowest BCUT2D eigenvalue weighted by molar-refractivity contribution is 0.159. The van der Waals surface area contributed by atoms with E-state index in [4.69, 9.17) is 5.26 Å². The van der Waals surface area contributed by atoms with Gasteiger partial charge in [0.1, 0.15) is 0 Å². The predicted molar refractivity (Wildman–Crippen MR) is 64.3 cm³/mol. The summed E-state index contributed by atoms with van der Waals surface area (Å²) < 4.78 is 4.58. The maximum Gasteiger partial charge on any atom is 0.407 e. The van der Waals surface area contributed by atoms with Crippen molar-refractivity contribution in [1.29, 1.82) is 5.26 Å². The average molecular weight is 232 g/mol. The number of carbonyl (C=O) groups is 1. The van der Waals surface area contributed by atoms with Crippen LogP contribution in [-0.2, 0) is 16.7 Å². The van der Waals surface area contributed by atoms with Crippen LogP contribution >= 0.6 is 0 Å². The molecule has 0 bridgehead atoms. The van der Waals surface area contributed by atoms with E-state index in [1.165, 1.54) is 7.11 Å². The van der Waals surface area contributed by atoms with Crippen molar-refractivity contribution in [3.05, 3.63) is 35.4 Å². The Morgan fingerprint density at radius 2 is 2.00 bits per heavy atom. The van der Waals surface area contributed by atoms with Crippen molar-refractivity contribution in [1.82, 2.24) is 5.32 Å². The second-order valence-electron chi connectivity index (χ2n) is 4.27. The molecule has 17 heavy (non-hydrogen) atoms. The van der Waals surface area contributed by atoms with E-state index in [1.54, 1.807) is 0 Å². The third-order valence-corrected chi connectivity index (χ3v) is 2.56. The minimum absolute atomic E-state index is 0.394. The molecule has 4 nitrogen and oxygen atoms in total. The van der Waals surface area contributed by atoms with Crippen molar-refractivity contribution in [2.45, 2.75) is 25.8 Å². The molecule has 0 aromatic heterocycles. The molecule has 0 aliphatic rings. The molecule has 1 aromatic carbocycles. The summed E-state index contributed by atoms with van der Waals surface area (Å²) in [5.74, 6) is 0. The highest BCUT2D eigenvalue weighted by Crippen LogP contribution is 2.20. The van der Waals surface area contributed by atoms with Crippen molar-refractivity contribution in [2.75, 3.05) is 7.11 Å². The molecule has 0 spiro atoms. The number of nitrogens with one attached hydrogen (secondary N) is 1. The quantitative estimate of drug-likeness (QED) is 0.870. The highest BCUT2D eigenvalue weighted by molar-refractivity contribution is 5.68. The van der Waals surface area contributed by atoms with Gasteiger partial charge in [0, 0.05) is 0 Å². The zero-order chi connectivity index (χ0) is 12.9. The topological polar surface area (TPSA) is 62.1 Å². The van der Waals surface area contributed by atoms with Crippen LogP contribution in [0.2, 0.25) is 0 Å². The van der Waals surface area contributed by atoms with Gasteiger partial charge in [-0.25, -0.2) is 4.79 Å². The number of hydrogen-bond acceptors (Lipinski definition) is 3. The number of ether oxygens (including phenoxy) is 1. The Morgan fingerprint density at radius 3 is 2.47 bits per heavy atom. The summed E-state index contributed by atoms with van der Waals surface area (Å²) >= 11 is 0.